The summed E-state index contributed by atoms with van der Waals surface area (Å²) < 4.78 is 1.78. The molecule has 0 unspecified atom stereocenters. The number of nitrogens with zero attached hydrogens (tertiary/aromatic N) is 4. The Kier molecular flexibility index (Phi) is 4.38. The van der Waals surface area contributed by atoms with Gasteiger partial charge in [0.25, 0.3) is 0 Å². The molecule has 0 spiro atoms. The summed E-state index contributed by atoms with van der Waals surface area (Å²) in [6.45, 7) is 6.09. The molecule has 0 atom stereocenters. The van der Waals surface area contributed by atoms with Gasteiger partial charge in [0.2, 0.25) is 10.9 Å². The standard InChI is InChI=1S/C16H19N5OS/c1-4-13-18-19-16-21(13)20-15(23-16)11-6-5-7-12(9-11)17-14(22)8-10(2)3/h5-7,9-10H,4,8H2,1-3H3,(H,17,22). The van der Waals surface area contributed by atoms with Gasteiger partial charge in [-0.15, -0.1) is 10.2 Å². The maximum atomic E-state index is 11.9. The first-order chi connectivity index (χ1) is 11.1. The van der Waals surface area contributed by atoms with Gasteiger partial charge in [-0.05, 0) is 18.1 Å². The third kappa shape index (κ3) is 3.39. The number of aromatic nitrogens is 4. The predicted molar refractivity (Wildman–Crippen MR) is 91.6 cm³/mol. The van der Waals surface area contributed by atoms with E-state index in [4.69, 9.17) is 0 Å². The van der Waals surface area contributed by atoms with Crippen LogP contribution in [0.3, 0.4) is 0 Å². The average molecular weight is 329 g/mol. The summed E-state index contributed by atoms with van der Waals surface area (Å²) in [7, 11) is 0. The third-order valence-electron chi connectivity index (χ3n) is 3.36. The molecule has 3 rings (SSSR count). The second-order valence-corrected chi connectivity index (χ2v) is 6.75. The molecular weight excluding hydrogens is 310 g/mol. The second kappa shape index (κ2) is 6.45. The first kappa shape index (κ1) is 15.6. The van der Waals surface area contributed by atoms with E-state index in [1.165, 1.54) is 11.3 Å². The summed E-state index contributed by atoms with van der Waals surface area (Å²) in [5, 5.41) is 16.6. The van der Waals surface area contributed by atoms with E-state index in [0.717, 1.165) is 33.5 Å². The molecule has 1 amide bonds. The molecule has 0 aliphatic rings. The molecule has 0 saturated heterocycles. The fraction of sp³-hybridized carbons (Fsp3) is 0.375. The monoisotopic (exact) mass is 329 g/mol. The highest BCUT2D eigenvalue weighted by Crippen LogP contribution is 2.27. The van der Waals surface area contributed by atoms with Crippen LogP contribution in [-0.4, -0.2) is 25.7 Å². The summed E-state index contributed by atoms with van der Waals surface area (Å²) in [6, 6.07) is 7.73. The fourth-order valence-electron chi connectivity index (χ4n) is 2.31. The fourth-order valence-corrected chi connectivity index (χ4v) is 3.16. The van der Waals surface area contributed by atoms with Crippen molar-refractivity contribution in [1.29, 1.82) is 0 Å². The van der Waals surface area contributed by atoms with E-state index in [9.17, 15) is 4.79 Å². The Morgan fingerprint density at radius 1 is 1.35 bits per heavy atom. The highest BCUT2D eigenvalue weighted by molar-refractivity contribution is 7.19. The topological polar surface area (TPSA) is 72.2 Å². The lowest BCUT2D eigenvalue weighted by molar-refractivity contribution is -0.116. The zero-order valence-electron chi connectivity index (χ0n) is 13.4. The zero-order chi connectivity index (χ0) is 16.4. The normalized spacial score (nSPS) is 11.3. The lowest BCUT2D eigenvalue weighted by Gasteiger charge is -2.07. The van der Waals surface area contributed by atoms with Gasteiger partial charge in [0, 0.05) is 24.1 Å². The van der Waals surface area contributed by atoms with Crippen molar-refractivity contribution in [2.75, 3.05) is 5.32 Å². The Labute approximate surface area is 138 Å². The molecule has 1 N–H and O–H groups in total. The molecule has 2 heterocycles. The second-order valence-electron chi connectivity index (χ2n) is 5.80. The molecule has 3 aromatic rings. The largest absolute Gasteiger partial charge is 0.326 e. The molecule has 0 fully saturated rings. The van der Waals surface area contributed by atoms with Crippen LogP contribution in [-0.2, 0) is 11.2 Å². The number of carbonyl (C=O) groups excluding carboxylic acids is 1. The van der Waals surface area contributed by atoms with Gasteiger partial charge in [-0.1, -0.05) is 44.2 Å². The molecule has 1 aromatic carbocycles. The molecule has 0 aliphatic heterocycles. The molecule has 2 aromatic heterocycles. The van der Waals surface area contributed by atoms with E-state index in [1.54, 1.807) is 4.52 Å². The summed E-state index contributed by atoms with van der Waals surface area (Å²) in [4.78, 5) is 12.7. The highest BCUT2D eigenvalue weighted by Gasteiger charge is 2.12. The molecule has 120 valence electrons. The van der Waals surface area contributed by atoms with E-state index < -0.39 is 0 Å². The maximum absolute atomic E-state index is 11.9. The Hall–Kier alpha value is -2.28. The summed E-state index contributed by atoms with van der Waals surface area (Å²) >= 11 is 1.49. The first-order valence-corrected chi connectivity index (χ1v) is 8.50. The Bertz CT molecular complexity index is 836. The van der Waals surface area contributed by atoms with Gasteiger partial charge < -0.3 is 5.32 Å². The third-order valence-corrected chi connectivity index (χ3v) is 4.31. The van der Waals surface area contributed by atoms with Gasteiger partial charge in [-0.3, -0.25) is 4.79 Å². The molecule has 7 heteroatoms. The summed E-state index contributed by atoms with van der Waals surface area (Å²) in [6.07, 6.45) is 1.30. The van der Waals surface area contributed by atoms with Gasteiger partial charge in [0.1, 0.15) is 5.01 Å². The number of carbonyl (C=O) groups is 1. The Morgan fingerprint density at radius 2 is 2.17 bits per heavy atom. The van der Waals surface area contributed by atoms with Crippen molar-refractivity contribution in [3.8, 4) is 10.6 Å². The number of benzene rings is 1. The number of hydrogen-bond donors (Lipinski definition) is 1. The van der Waals surface area contributed by atoms with Crippen LogP contribution in [0.1, 0.15) is 33.0 Å². The van der Waals surface area contributed by atoms with Crippen LogP contribution < -0.4 is 5.32 Å². The van der Waals surface area contributed by atoms with Gasteiger partial charge in [0.15, 0.2) is 5.82 Å². The minimum atomic E-state index is 0.0311. The van der Waals surface area contributed by atoms with E-state index >= 15 is 0 Å². The molecule has 0 bridgehead atoms. The van der Waals surface area contributed by atoms with E-state index in [2.05, 4.69) is 20.6 Å². The summed E-state index contributed by atoms with van der Waals surface area (Å²) in [5.74, 6) is 1.22. The Balaban J connectivity index is 1.86. The van der Waals surface area contributed by atoms with Crippen LogP contribution in [0.15, 0.2) is 24.3 Å². The number of rotatable bonds is 5. The van der Waals surface area contributed by atoms with Crippen LogP contribution in [0.4, 0.5) is 5.69 Å². The smallest absolute Gasteiger partial charge is 0.234 e. The number of anilines is 1. The molecule has 6 nitrogen and oxygen atoms in total. The molecular formula is C16H19N5OS. The molecule has 0 radical (unpaired) electrons. The van der Waals surface area contributed by atoms with Crippen LogP contribution in [0.5, 0.6) is 0 Å². The SMILES string of the molecule is CCc1nnc2sc(-c3cccc(NC(=O)CC(C)C)c3)nn12. The predicted octanol–water partition coefficient (Wildman–Crippen LogP) is 3.40. The molecule has 0 aliphatic carbocycles. The number of amides is 1. The van der Waals surface area contributed by atoms with Gasteiger partial charge >= 0.3 is 0 Å². The van der Waals surface area contributed by atoms with Crippen LogP contribution >= 0.6 is 11.3 Å². The highest BCUT2D eigenvalue weighted by atomic mass is 32.1. The van der Waals surface area contributed by atoms with Crippen molar-refractivity contribution in [1.82, 2.24) is 19.8 Å². The van der Waals surface area contributed by atoms with E-state index in [0.29, 0.717) is 12.3 Å². The number of aryl methyl sites for hydroxylation is 1. The van der Waals surface area contributed by atoms with Crippen molar-refractivity contribution >= 4 is 27.9 Å². The van der Waals surface area contributed by atoms with Crippen molar-refractivity contribution in [2.45, 2.75) is 33.6 Å². The van der Waals surface area contributed by atoms with E-state index in [-0.39, 0.29) is 5.91 Å². The number of fused-ring (bicyclic) bond motifs is 1. The van der Waals surface area contributed by atoms with E-state index in [1.807, 2.05) is 45.0 Å². The van der Waals surface area contributed by atoms with Gasteiger partial charge in [-0.2, -0.15) is 9.61 Å². The van der Waals surface area contributed by atoms with Crippen molar-refractivity contribution < 1.29 is 4.79 Å². The first-order valence-electron chi connectivity index (χ1n) is 7.68. The lowest BCUT2D eigenvalue weighted by Crippen LogP contribution is -2.13. The minimum Gasteiger partial charge on any atom is -0.326 e. The van der Waals surface area contributed by atoms with Gasteiger partial charge in [-0.25, -0.2) is 0 Å². The zero-order valence-corrected chi connectivity index (χ0v) is 14.2. The van der Waals surface area contributed by atoms with Crippen molar-refractivity contribution in [3.05, 3.63) is 30.1 Å². The average Bonchev–Trinajstić information content (AvgIpc) is 3.06. The summed E-state index contributed by atoms with van der Waals surface area (Å²) in [5.41, 5.74) is 1.75. The molecule has 23 heavy (non-hydrogen) atoms. The maximum Gasteiger partial charge on any atom is 0.234 e. The molecule has 0 saturated carbocycles. The van der Waals surface area contributed by atoms with Crippen LogP contribution in [0.25, 0.3) is 15.5 Å². The number of hydrogen-bond acceptors (Lipinski definition) is 5. The number of nitrogens with one attached hydrogen (secondary N) is 1. The van der Waals surface area contributed by atoms with Crippen LogP contribution in [0, 0.1) is 5.92 Å². The quantitative estimate of drug-likeness (QED) is 0.778. The van der Waals surface area contributed by atoms with Crippen molar-refractivity contribution in [3.63, 3.8) is 0 Å². The van der Waals surface area contributed by atoms with Crippen molar-refractivity contribution in [2.24, 2.45) is 5.92 Å². The Morgan fingerprint density at radius 3 is 2.91 bits per heavy atom. The van der Waals surface area contributed by atoms with Crippen LogP contribution in [0.2, 0.25) is 0 Å². The minimum absolute atomic E-state index is 0.0311. The lowest BCUT2D eigenvalue weighted by atomic mass is 10.1. The van der Waals surface area contributed by atoms with Gasteiger partial charge in [0.05, 0.1) is 0 Å².